The molecule has 0 aromatic carbocycles. The summed E-state index contributed by atoms with van der Waals surface area (Å²) in [6.45, 7) is 1.67. The van der Waals surface area contributed by atoms with E-state index in [1.165, 1.54) is 12.8 Å². The molecule has 2 rings (SSSR count). The van der Waals surface area contributed by atoms with E-state index in [1.807, 2.05) is 0 Å². The molecule has 0 saturated heterocycles. The minimum Gasteiger partial charge on any atom is -0.346 e. The maximum atomic E-state index is 11.5. The van der Waals surface area contributed by atoms with Gasteiger partial charge >= 0.3 is 0 Å². The van der Waals surface area contributed by atoms with Gasteiger partial charge in [-0.1, -0.05) is 18.0 Å². The molecule has 0 unspecified atom stereocenters. The van der Waals surface area contributed by atoms with Crippen LogP contribution < -0.4 is 5.32 Å². The average Bonchev–Trinajstić information content (AvgIpc) is 2.75. The Bertz CT molecular complexity index is 329. The fourth-order valence-electron chi connectivity index (χ4n) is 1.71. The van der Waals surface area contributed by atoms with Crippen molar-refractivity contribution in [2.45, 2.75) is 38.6 Å². The summed E-state index contributed by atoms with van der Waals surface area (Å²) in [5.74, 6) is 0.324. The topological polar surface area (TPSA) is 68.0 Å². The summed E-state index contributed by atoms with van der Waals surface area (Å²) in [5.41, 5.74) is 0. The molecule has 0 aliphatic heterocycles. The van der Waals surface area contributed by atoms with Gasteiger partial charge in [-0.15, -0.1) is 0 Å². The zero-order valence-corrected chi connectivity index (χ0v) is 8.12. The summed E-state index contributed by atoms with van der Waals surface area (Å²) in [5, 5.41) is 6.44. The highest BCUT2D eigenvalue weighted by atomic mass is 16.5. The molecular weight excluding hydrogens is 182 g/mol. The molecular formula is C9H13N3O2. The van der Waals surface area contributed by atoms with Crippen molar-refractivity contribution < 1.29 is 9.32 Å². The van der Waals surface area contributed by atoms with Gasteiger partial charge in [0.2, 0.25) is 5.89 Å². The molecule has 1 fully saturated rings. The number of aromatic nitrogens is 2. The summed E-state index contributed by atoms with van der Waals surface area (Å²) in [4.78, 5) is 15.4. The zero-order chi connectivity index (χ0) is 9.97. The number of carbonyl (C=O) groups excluding carboxylic acids is 1. The molecule has 1 aliphatic carbocycles. The van der Waals surface area contributed by atoms with Gasteiger partial charge in [0.1, 0.15) is 0 Å². The highest BCUT2D eigenvalue weighted by Gasteiger charge is 2.20. The quantitative estimate of drug-likeness (QED) is 0.765. The van der Waals surface area contributed by atoms with Crippen LogP contribution in [0.1, 0.15) is 42.2 Å². The van der Waals surface area contributed by atoms with Gasteiger partial charge in [-0.25, -0.2) is 0 Å². The van der Waals surface area contributed by atoms with Crippen molar-refractivity contribution in [1.29, 1.82) is 0 Å². The molecule has 1 aliphatic rings. The number of nitrogens with one attached hydrogen (secondary N) is 1. The van der Waals surface area contributed by atoms with E-state index in [-0.39, 0.29) is 11.7 Å². The maximum Gasteiger partial charge on any atom is 0.292 e. The maximum absolute atomic E-state index is 11.5. The number of hydrogen-bond acceptors (Lipinski definition) is 4. The van der Waals surface area contributed by atoms with Crippen LogP contribution in [0.2, 0.25) is 0 Å². The van der Waals surface area contributed by atoms with Crippen LogP contribution in [0.3, 0.4) is 0 Å². The third-order valence-electron chi connectivity index (χ3n) is 2.42. The summed E-state index contributed by atoms with van der Waals surface area (Å²) in [7, 11) is 0. The Morgan fingerprint density at radius 3 is 2.79 bits per heavy atom. The molecule has 1 N–H and O–H groups in total. The predicted molar refractivity (Wildman–Crippen MR) is 48.8 cm³/mol. The molecule has 1 heterocycles. The summed E-state index contributed by atoms with van der Waals surface area (Å²) >= 11 is 0. The first-order valence-corrected chi connectivity index (χ1v) is 4.87. The Morgan fingerprint density at radius 1 is 1.50 bits per heavy atom. The van der Waals surface area contributed by atoms with Gasteiger partial charge in [-0.2, -0.15) is 4.98 Å². The van der Waals surface area contributed by atoms with E-state index < -0.39 is 0 Å². The van der Waals surface area contributed by atoms with Gasteiger partial charge in [0.25, 0.3) is 11.7 Å². The van der Waals surface area contributed by atoms with Gasteiger partial charge in [0.05, 0.1) is 0 Å². The highest BCUT2D eigenvalue weighted by molar-refractivity contribution is 5.90. The van der Waals surface area contributed by atoms with Crippen molar-refractivity contribution in [3.63, 3.8) is 0 Å². The van der Waals surface area contributed by atoms with E-state index in [1.54, 1.807) is 6.92 Å². The zero-order valence-electron chi connectivity index (χ0n) is 8.12. The lowest BCUT2D eigenvalue weighted by molar-refractivity contribution is 0.0924. The third-order valence-corrected chi connectivity index (χ3v) is 2.42. The van der Waals surface area contributed by atoms with Crippen LogP contribution in [-0.4, -0.2) is 22.1 Å². The summed E-state index contributed by atoms with van der Waals surface area (Å²) < 4.78 is 4.73. The lowest BCUT2D eigenvalue weighted by atomic mass is 10.2. The summed E-state index contributed by atoms with van der Waals surface area (Å²) in [6, 6.07) is 0.293. The number of rotatable bonds is 2. The number of carbonyl (C=O) groups is 1. The smallest absolute Gasteiger partial charge is 0.292 e. The molecule has 1 aromatic rings. The lowest BCUT2D eigenvalue weighted by Crippen LogP contribution is -2.33. The van der Waals surface area contributed by atoms with Gasteiger partial charge in [0.15, 0.2) is 0 Å². The van der Waals surface area contributed by atoms with Gasteiger partial charge in [-0.05, 0) is 12.8 Å². The van der Waals surface area contributed by atoms with Crippen molar-refractivity contribution >= 4 is 5.91 Å². The van der Waals surface area contributed by atoms with Crippen molar-refractivity contribution in [3.05, 3.63) is 11.7 Å². The van der Waals surface area contributed by atoms with Gasteiger partial charge < -0.3 is 9.84 Å². The number of nitrogens with zero attached hydrogens (tertiary/aromatic N) is 2. The second kappa shape index (κ2) is 3.77. The van der Waals surface area contributed by atoms with Crippen LogP contribution >= 0.6 is 0 Å². The van der Waals surface area contributed by atoms with Gasteiger partial charge in [0, 0.05) is 13.0 Å². The number of hydrogen-bond donors (Lipinski definition) is 1. The molecule has 0 atom stereocenters. The molecule has 76 valence electrons. The standard InChI is InChI=1S/C9H13N3O2/c1-6-10-8(12-14-6)9(13)11-7-4-2-3-5-7/h7H,2-5H2,1H3,(H,11,13). The van der Waals surface area contributed by atoms with E-state index in [2.05, 4.69) is 15.5 Å². The molecule has 0 spiro atoms. The molecule has 5 heteroatoms. The Balaban J connectivity index is 1.95. The Kier molecular flexibility index (Phi) is 2.47. The second-order valence-corrected chi connectivity index (χ2v) is 3.59. The first kappa shape index (κ1) is 9.18. The largest absolute Gasteiger partial charge is 0.346 e. The van der Waals surface area contributed by atoms with Crippen molar-refractivity contribution in [1.82, 2.24) is 15.5 Å². The highest BCUT2D eigenvalue weighted by Crippen LogP contribution is 2.17. The van der Waals surface area contributed by atoms with E-state index in [9.17, 15) is 4.79 Å². The molecule has 1 amide bonds. The van der Waals surface area contributed by atoms with E-state index >= 15 is 0 Å². The lowest BCUT2D eigenvalue weighted by Gasteiger charge is -2.08. The van der Waals surface area contributed by atoms with Crippen LogP contribution in [0.4, 0.5) is 0 Å². The average molecular weight is 195 g/mol. The first-order valence-electron chi connectivity index (χ1n) is 4.87. The Morgan fingerprint density at radius 2 is 2.21 bits per heavy atom. The SMILES string of the molecule is Cc1nc(C(=O)NC2CCCC2)no1. The predicted octanol–water partition coefficient (Wildman–Crippen LogP) is 1.05. The van der Waals surface area contributed by atoms with Crippen LogP contribution in [0.25, 0.3) is 0 Å². The van der Waals surface area contributed by atoms with Crippen LogP contribution in [0.5, 0.6) is 0 Å². The molecule has 0 bridgehead atoms. The molecule has 0 radical (unpaired) electrons. The monoisotopic (exact) mass is 195 g/mol. The minimum atomic E-state index is -0.228. The minimum absolute atomic E-state index is 0.134. The molecule has 1 saturated carbocycles. The van der Waals surface area contributed by atoms with Crippen molar-refractivity contribution in [2.24, 2.45) is 0 Å². The molecule has 14 heavy (non-hydrogen) atoms. The van der Waals surface area contributed by atoms with E-state index in [0.717, 1.165) is 12.8 Å². The second-order valence-electron chi connectivity index (χ2n) is 3.59. The molecule has 1 aromatic heterocycles. The number of amides is 1. The fraction of sp³-hybridized carbons (Fsp3) is 0.667. The van der Waals surface area contributed by atoms with Gasteiger partial charge in [-0.3, -0.25) is 4.79 Å². The summed E-state index contributed by atoms with van der Waals surface area (Å²) in [6.07, 6.45) is 4.50. The third kappa shape index (κ3) is 1.92. The Labute approximate surface area is 81.9 Å². The first-order chi connectivity index (χ1) is 6.75. The molecule has 5 nitrogen and oxygen atoms in total. The van der Waals surface area contributed by atoms with Crippen LogP contribution in [0.15, 0.2) is 4.52 Å². The van der Waals surface area contributed by atoms with Crippen LogP contribution in [-0.2, 0) is 0 Å². The van der Waals surface area contributed by atoms with E-state index in [4.69, 9.17) is 4.52 Å². The number of aryl methyl sites for hydroxylation is 1. The normalized spacial score (nSPS) is 17.2. The van der Waals surface area contributed by atoms with Crippen molar-refractivity contribution in [3.8, 4) is 0 Å². The van der Waals surface area contributed by atoms with E-state index in [0.29, 0.717) is 11.9 Å². The van der Waals surface area contributed by atoms with Crippen LogP contribution in [0, 0.1) is 6.92 Å². The Hall–Kier alpha value is -1.39. The van der Waals surface area contributed by atoms with Crippen molar-refractivity contribution in [2.75, 3.05) is 0 Å². The fourth-order valence-corrected chi connectivity index (χ4v) is 1.71.